The second-order valence-corrected chi connectivity index (χ2v) is 7.00. The summed E-state index contributed by atoms with van der Waals surface area (Å²) in [4.78, 5) is 16.1. The molecule has 0 aliphatic carbocycles. The number of hydrogen-bond donors (Lipinski definition) is 1. The molecule has 0 saturated carbocycles. The number of benzene rings is 1. The summed E-state index contributed by atoms with van der Waals surface area (Å²) in [6.45, 7) is 4.19. The van der Waals surface area contributed by atoms with E-state index in [-0.39, 0.29) is 18.3 Å². The van der Waals surface area contributed by atoms with Gasteiger partial charge in [-0.15, -0.1) is 0 Å². The Kier molecular flexibility index (Phi) is 4.33. The molecule has 3 aliphatic heterocycles. The van der Waals surface area contributed by atoms with Crippen LogP contribution in [0.4, 0.5) is 16.2 Å². The Morgan fingerprint density at radius 2 is 2.00 bits per heavy atom. The zero-order chi connectivity index (χ0) is 15.8. The quantitative estimate of drug-likeness (QED) is 0.585. The Balaban J connectivity index is 1.51. The van der Waals surface area contributed by atoms with Crippen LogP contribution >= 0.6 is 22.6 Å². The van der Waals surface area contributed by atoms with Gasteiger partial charge in [-0.2, -0.15) is 0 Å². The molecule has 6 nitrogen and oxygen atoms in total. The van der Waals surface area contributed by atoms with Crippen molar-refractivity contribution in [1.29, 1.82) is 0 Å². The maximum absolute atomic E-state index is 11.9. The Morgan fingerprint density at radius 3 is 2.74 bits per heavy atom. The molecule has 1 aromatic carbocycles. The van der Waals surface area contributed by atoms with Gasteiger partial charge in [-0.25, -0.2) is 4.79 Å². The van der Waals surface area contributed by atoms with Crippen molar-refractivity contribution >= 4 is 40.1 Å². The summed E-state index contributed by atoms with van der Waals surface area (Å²) in [6.07, 6.45) is 0.0274. The number of nitrogens with zero attached hydrogens (tertiary/aromatic N) is 2. The Bertz CT molecular complexity index is 582. The molecular formula is C16H20IN3O3. The third kappa shape index (κ3) is 2.89. The van der Waals surface area contributed by atoms with Crippen LogP contribution in [0, 0.1) is 0 Å². The van der Waals surface area contributed by atoms with E-state index in [9.17, 15) is 4.79 Å². The molecule has 1 amide bonds. The molecular weight excluding hydrogens is 409 g/mol. The standard InChI is InChI=1S/C16H20IN3O3/c17-7-13-10-20(16(21)23-13)12-3-1-11(2-4-12)19-5-6-22-15-9-18-8-14(15)19/h1-4,13-15,18H,5-10H2. The number of nitrogens with one attached hydrogen (secondary N) is 1. The highest BCUT2D eigenvalue weighted by Crippen LogP contribution is 2.29. The van der Waals surface area contributed by atoms with E-state index < -0.39 is 0 Å². The first-order chi connectivity index (χ1) is 11.3. The van der Waals surface area contributed by atoms with Gasteiger partial charge < -0.3 is 19.7 Å². The molecule has 0 radical (unpaired) electrons. The number of carbonyl (C=O) groups is 1. The fraction of sp³-hybridized carbons (Fsp3) is 0.562. The Morgan fingerprint density at radius 1 is 1.22 bits per heavy atom. The molecule has 0 aromatic heterocycles. The summed E-state index contributed by atoms with van der Waals surface area (Å²) in [5, 5.41) is 3.40. The van der Waals surface area contributed by atoms with E-state index in [0.29, 0.717) is 12.6 Å². The maximum atomic E-state index is 11.9. The van der Waals surface area contributed by atoms with Gasteiger partial charge in [-0.1, -0.05) is 22.6 Å². The maximum Gasteiger partial charge on any atom is 0.414 e. The predicted octanol–water partition coefficient (Wildman–Crippen LogP) is 1.62. The van der Waals surface area contributed by atoms with Crippen molar-refractivity contribution in [2.24, 2.45) is 0 Å². The second-order valence-electron chi connectivity index (χ2n) is 6.12. The normalized spacial score (nSPS) is 30.5. The molecule has 7 heteroatoms. The number of fused-ring (bicyclic) bond motifs is 1. The third-order valence-corrected chi connectivity index (χ3v) is 5.71. The molecule has 124 valence electrons. The summed E-state index contributed by atoms with van der Waals surface area (Å²) >= 11 is 2.25. The average Bonchev–Trinajstić information content (AvgIpc) is 3.21. The fourth-order valence-corrected chi connectivity index (χ4v) is 4.01. The SMILES string of the molecule is O=C1OC(CI)CN1c1ccc(N2CCOC3CNCC32)cc1. The summed E-state index contributed by atoms with van der Waals surface area (Å²) < 4.78 is 12.0. The average molecular weight is 429 g/mol. The van der Waals surface area contributed by atoms with Gasteiger partial charge in [-0.05, 0) is 24.3 Å². The van der Waals surface area contributed by atoms with Crippen molar-refractivity contribution in [2.75, 3.05) is 47.0 Å². The van der Waals surface area contributed by atoms with Crippen LogP contribution in [-0.2, 0) is 9.47 Å². The lowest BCUT2D eigenvalue weighted by molar-refractivity contribution is 0.0350. The van der Waals surface area contributed by atoms with Crippen LogP contribution < -0.4 is 15.1 Å². The summed E-state index contributed by atoms with van der Waals surface area (Å²) in [6, 6.07) is 8.62. The lowest BCUT2D eigenvalue weighted by Gasteiger charge is -2.38. The number of alkyl halides is 1. The Labute approximate surface area is 149 Å². The molecule has 3 saturated heterocycles. The largest absolute Gasteiger partial charge is 0.443 e. The van der Waals surface area contributed by atoms with Crippen LogP contribution in [-0.4, -0.2) is 61.6 Å². The highest BCUT2D eigenvalue weighted by atomic mass is 127. The minimum atomic E-state index is -0.245. The minimum absolute atomic E-state index is 0.00709. The number of halogens is 1. The number of anilines is 2. The molecule has 1 aromatic rings. The monoisotopic (exact) mass is 429 g/mol. The van der Waals surface area contributed by atoms with Crippen LogP contribution in [0.3, 0.4) is 0 Å². The first-order valence-electron chi connectivity index (χ1n) is 7.99. The molecule has 3 heterocycles. The van der Waals surface area contributed by atoms with E-state index in [1.165, 1.54) is 5.69 Å². The van der Waals surface area contributed by atoms with E-state index in [1.54, 1.807) is 4.90 Å². The highest BCUT2D eigenvalue weighted by Gasteiger charge is 2.36. The van der Waals surface area contributed by atoms with Gasteiger partial charge >= 0.3 is 6.09 Å². The van der Waals surface area contributed by atoms with Crippen LogP contribution in [0.25, 0.3) is 0 Å². The van der Waals surface area contributed by atoms with E-state index in [0.717, 1.165) is 36.4 Å². The molecule has 1 N–H and O–H groups in total. The molecule has 4 rings (SSSR count). The van der Waals surface area contributed by atoms with Gasteiger partial charge in [-0.3, -0.25) is 4.90 Å². The zero-order valence-electron chi connectivity index (χ0n) is 12.8. The second kappa shape index (κ2) is 6.45. The van der Waals surface area contributed by atoms with Gasteiger partial charge in [0.25, 0.3) is 0 Å². The molecule has 0 bridgehead atoms. The van der Waals surface area contributed by atoms with Crippen LogP contribution in [0.2, 0.25) is 0 Å². The van der Waals surface area contributed by atoms with Crippen molar-refractivity contribution in [3.8, 4) is 0 Å². The third-order valence-electron chi connectivity index (χ3n) is 4.73. The van der Waals surface area contributed by atoms with Crippen molar-refractivity contribution in [3.05, 3.63) is 24.3 Å². The number of amides is 1. The summed E-state index contributed by atoms with van der Waals surface area (Å²) in [5.41, 5.74) is 2.09. The number of ether oxygens (including phenoxy) is 2. The lowest BCUT2D eigenvalue weighted by Crippen LogP contribution is -2.50. The lowest BCUT2D eigenvalue weighted by atomic mass is 10.1. The van der Waals surface area contributed by atoms with Crippen LogP contribution in [0.1, 0.15) is 0 Å². The number of hydrogen-bond acceptors (Lipinski definition) is 5. The van der Waals surface area contributed by atoms with E-state index in [4.69, 9.17) is 9.47 Å². The van der Waals surface area contributed by atoms with Crippen molar-refractivity contribution in [1.82, 2.24) is 5.32 Å². The van der Waals surface area contributed by atoms with Gasteiger partial charge in [0.2, 0.25) is 0 Å². The predicted molar refractivity (Wildman–Crippen MR) is 96.7 cm³/mol. The number of morpholine rings is 1. The highest BCUT2D eigenvalue weighted by molar-refractivity contribution is 14.1. The smallest absolute Gasteiger partial charge is 0.414 e. The van der Waals surface area contributed by atoms with Crippen molar-refractivity contribution in [3.63, 3.8) is 0 Å². The number of carbonyl (C=O) groups excluding carboxylic acids is 1. The summed E-state index contributed by atoms with van der Waals surface area (Å²) in [5.74, 6) is 0. The van der Waals surface area contributed by atoms with E-state index >= 15 is 0 Å². The molecule has 3 fully saturated rings. The van der Waals surface area contributed by atoms with Crippen molar-refractivity contribution in [2.45, 2.75) is 18.2 Å². The molecule has 23 heavy (non-hydrogen) atoms. The number of rotatable bonds is 3. The van der Waals surface area contributed by atoms with Gasteiger partial charge in [0, 0.05) is 35.4 Å². The minimum Gasteiger partial charge on any atom is -0.443 e. The zero-order valence-corrected chi connectivity index (χ0v) is 14.9. The molecule has 3 unspecified atom stereocenters. The topological polar surface area (TPSA) is 54.0 Å². The Hall–Kier alpha value is -1.06. The van der Waals surface area contributed by atoms with E-state index in [2.05, 4.69) is 44.9 Å². The van der Waals surface area contributed by atoms with Gasteiger partial charge in [0.05, 0.1) is 25.3 Å². The first-order valence-corrected chi connectivity index (χ1v) is 9.52. The van der Waals surface area contributed by atoms with Gasteiger partial charge in [0.1, 0.15) is 6.10 Å². The molecule has 0 spiro atoms. The fourth-order valence-electron chi connectivity index (χ4n) is 3.55. The van der Waals surface area contributed by atoms with E-state index in [1.807, 2.05) is 12.1 Å². The van der Waals surface area contributed by atoms with Gasteiger partial charge in [0.15, 0.2) is 0 Å². The first kappa shape index (κ1) is 15.5. The molecule has 3 aliphatic rings. The molecule has 3 atom stereocenters. The summed E-state index contributed by atoms with van der Waals surface area (Å²) in [7, 11) is 0. The van der Waals surface area contributed by atoms with Crippen LogP contribution in [0.5, 0.6) is 0 Å². The van der Waals surface area contributed by atoms with Crippen LogP contribution in [0.15, 0.2) is 24.3 Å². The number of cyclic esters (lactones) is 1. The van der Waals surface area contributed by atoms with Crippen molar-refractivity contribution < 1.29 is 14.3 Å².